The lowest BCUT2D eigenvalue weighted by atomic mass is 9.89. The number of nitrogens with one attached hydrogen (secondary N) is 1. The smallest absolute Gasteiger partial charge is 0.373 e. The van der Waals surface area contributed by atoms with Gasteiger partial charge in [0.1, 0.15) is 5.02 Å². The van der Waals surface area contributed by atoms with Crippen molar-refractivity contribution in [2.24, 2.45) is 0 Å². The molecule has 0 bridgehead atoms. The first-order valence-electron chi connectivity index (χ1n) is 7.79. The van der Waals surface area contributed by atoms with Crippen LogP contribution in [0.25, 0.3) is 0 Å². The van der Waals surface area contributed by atoms with Gasteiger partial charge in [-0.25, -0.2) is 8.42 Å². The fraction of sp³-hybridized carbons (Fsp3) is 0.538. The van der Waals surface area contributed by atoms with Crippen molar-refractivity contribution in [2.75, 3.05) is 43.4 Å². The highest BCUT2D eigenvalue weighted by Crippen LogP contribution is 2.29. The van der Waals surface area contributed by atoms with E-state index in [4.69, 9.17) is 16.6 Å². The van der Waals surface area contributed by atoms with Gasteiger partial charge in [0, 0.05) is 44.5 Å². The number of nitro benzene ring substituents is 1. The van der Waals surface area contributed by atoms with Crippen LogP contribution in [0.5, 0.6) is 0 Å². The molecule has 1 aliphatic rings. The number of sulfonamides is 1. The molecule has 1 saturated heterocycles. The van der Waals surface area contributed by atoms with Crippen LogP contribution in [-0.2, 0) is 10.0 Å². The number of piperazine rings is 1. The van der Waals surface area contributed by atoms with Crippen molar-refractivity contribution < 1.29 is 18.4 Å². The second-order valence-electron chi connectivity index (χ2n) is 5.73. The maximum Gasteiger partial charge on any atom is 0.373 e. The van der Waals surface area contributed by atoms with Crippen LogP contribution in [0, 0.1) is 10.1 Å². The van der Waals surface area contributed by atoms with E-state index in [0.717, 1.165) is 0 Å². The van der Waals surface area contributed by atoms with E-state index in [-0.39, 0.29) is 23.0 Å². The minimum atomic E-state index is -3.41. The predicted molar refractivity (Wildman–Crippen MR) is 97.5 cm³/mol. The first-order chi connectivity index (χ1) is 11.7. The molecule has 1 heterocycles. The van der Waals surface area contributed by atoms with E-state index in [0.29, 0.717) is 31.9 Å². The molecule has 0 aliphatic carbocycles. The first kappa shape index (κ1) is 19.9. The van der Waals surface area contributed by atoms with Gasteiger partial charge in [0.05, 0.1) is 10.7 Å². The maximum atomic E-state index is 12.3. The summed E-state index contributed by atoms with van der Waals surface area (Å²) >= 11 is 5.81. The molecule has 0 unspecified atom stereocenters. The summed E-state index contributed by atoms with van der Waals surface area (Å²) in [7, 11) is -4.17. The Morgan fingerprint density at radius 2 is 2.00 bits per heavy atom. The van der Waals surface area contributed by atoms with E-state index in [9.17, 15) is 18.5 Å². The number of rotatable bonds is 7. The van der Waals surface area contributed by atoms with Gasteiger partial charge in [-0.15, -0.1) is 0 Å². The van der Waals surface area contributed by atoms with Gasteiger partial charge in [-0.1, -0.05) is 11.6 Å². The molecule has 2 N–H and O–H groups in total. The van der Waals surface area contributed by atoms with E-state index >= 15 is 0 Å². The van der Waals surface area contributed by atoms with Crippen LogP contribution in [0.4, 0.5) is 11.4 Å². The van der Waals surface area contributed by atoms with Crippen molar-refractivity contribution in [2.45, 2.75) is 6.82 Å². The van der Waals surface area contributed by atoms with Gasteiger partial charge in [-0.05, 0) is 19.0 Å². The van der Waals surface area contributed by atoms with E-state index in [1.165, 1.54) is 23.3 Å². The zero-order valence-electron chi connectivity index (χ0n) is 13.8. The lowest BCUT2D eigenvalue weighted by molar-refractivity contribution is -0.384. The van der Waals surface area contributed by atoms with Gasteiger partial charge in [0.2, 0.25) is 10.0 Å². The van der Waals surface area contributed by atoms with Crippen LogP contribution < -0.4 is 10.1 Å². The summed E-state index contributed by atoms with van der Waals surface area (Å²) in [6, 6.07) is 4.56. The average molecular weight is 391 g/mol. The second-order valence-corrected chi connectivity index (χ2v) is 8.22. The number of hydrogen-bond acceptors (Lipinski definition) is 7. The lowest BCUT2D eigenvalue weighted by Gasteiger charge is -2.35. The predicted octanol–water partition coefficient (Wildman–Crippen LogP) is 0.400. The van der Waals surface area contributed by atoms with Crippen molar-refractivity contribution >= 4 is 40.0 Å². The minimum absolute atomic E-state index is 0.0700. The molecule has 2 rings (SSSR count). The third-order valence-corrected chi connectivity index (χ3v) is 6.11. The number of halogens is 1. The number of benzene rings is 1. The Bertz CT molecular complexity index is 725. The molecule has 0 atom stereocenters. The topological polar surface area (TPSA) is 116 Å². The Kier molecular flexibility index (Phi) is 6.63. The number of nitrogens with zero attached hydrogens (tertiary/aromatic N) is 3. The largest absolute Gasteiger partial charge is 0.437 e. The SMILES string of the molecule is CB(O)NCCS(=O)(=O)N1CCN(c2ccc(Cl)c([N+](=O)[O-])c2)CC1. The van der Waals surface area contributed by atoms with E-state index in [1.54, 1.807) is 6.07 Å². The molecule has 1 fully saturated rings. The molecular weight excluding hydrogens is 370 g/mol. The molecule has 0 aromatic heterocycles. The summed E-state index contributed by atoms with van der Waals surface area (Å²) in [6.45, 7) is 3.16. The number of anilines is 1. The van der Waals surface area contributed by atoms with Crippen LogP contribution in [0.3, 0.4) is 0 Å². The van der Waals surface area contributed by atoms with E-state index in [2.05, 4.69) is 5.23 Å². The van der Waals surface area contributed by atoms with Crippen LogP contribution >= 0.6 is 11.6 Å². The molecule has 9 nitrogen and oxygen atoms in total. The third-order valence-electron chi connectivity index (χ3n) is 3.92. The molecule has 0 spiro atoms. The normalized spacial score (nSPS) is 16.0. The molecular formula is C13H20BClN4O5S. The highest BCUT2D eigenvalue weighted by molar-refractivity contribution is 7.89. The van der Waals surface area contributed by atoms with Crippen LogP contribution in [0.15, 0.2) is 18.2 Å². The lowest BCUT2D eigenvalue weighted by Crippen LogP contribution is -2.50. The van der Waals surface area contributed by atoms with Gasteiger partial charge in [0.15, 0.2) is 0 Å². The molecule has 0 radical (unpaired) electrons. The molecule has 12 heteroatoms. The Labute approximate surface area is 151 Å². The van der Waals surface area contributed by atoms with E-state index < -0.39 is 22.0 Å². The summed E-state index contributed by atoms with van der Waals surface area (Å²) in [5, 5.41) is 22.8. The monoisotopic (exact) mass is 390 g/mol. The Morgan fingerprint density at radius 3 is 2.56 bits per heavy atom. The fourth-order valence-corrected chi connectivity index (χ4v) is 4.13. The summed E-state index contributed by atoms with van der Waals surface area (Å²) in [6.07, 6.45) is 0. The highest BCUT2D eigenvalue weighted by Gasteiger charge is 2.27. The zero-order valence-corrected chi connectivity index (χ0v) is 15.3. The molecule has 25 heavy (non-hydrogen) atoms. The molecule has 1 aliphatic heterocycles. The zero-order chi connectivity index (χ0) is 18.6. The Hall–Kier alpha value is -1.40. The van der Waals surface area contributed by atoms with Gasteiger partial charge in [0.25, 0.3) is 5.69 Å². The maximum absolute atomic E-state index is 12.3. The van der Waals surface area contributed by atoms with Crippen LogP contribution in [-0.4, -0.2) is 68.2 Å². The van der Waals surface area contributed by atoms with Gasteiger partial charge >= 0.3 is 7.05 Å². The Morgan fingerprint density at radius 1 is 1.36 bits per heavy atom. The van der Waals surface area contributed by atoms with Gasteiger partial charge in [-0.2, -0.15) is 4.31 Å². The Balaban J connectivity index is 1.97. The van der Waals surface area contributed by atoms with Crippen molar-refractivity contribution in [1.29, 1.82) is 0 Å². The average Bonchev–Trinajstić information content (AvgIpc) is 2.54. The number of hydrogen-bond donors (Lipinski definition) is 2. The summed E-state index contributed by atoms with van der Waals surface area (Å²) in [5.74, 6) is -0.0929. The van der Waals surface area contributed by atoms with Gasteiger partial charge in [-0.3, -0.25) is 10.1 Å². The third kappa shape index (κ3) is 5.29. The fourth-order valence-electron chi connectivity index (χ4n) is 2.59. The number of nitro groups is 1. The molecule has 1 aromatic rings. The van der Waals surface area contributed by atoms with Crippen LogP contribution in [0.2, 0.25) is 11.8 Å². The first-order valence-corrected chi connectivity index (χ1v) is 9.77. The minimum Gasteiger partial charge on any atom is -0.437 e. The summed E-state index contributed by atoms with van der Waals surface area (Å²) < 4.78 is 26.0. The molecule has 1 aromatic carbocycles. The van der Waals surface area contributed by atoms with Crippen molar-refractivity contribution in [3.63, 3.8) is 0 Å². The molecule has 138 valence electrons. The van der Waals surface area contributed by atoms with Gasteiger partial charge < -0.3 is 15.2 Å². The highest BCUT2D eigenvalue weighted by atomic mass is 35.5. The summed E-state index contributed by atoms with van der Waals surface area (Å²) in [5.41, 5.74) is 0.474. The standard InChI is InChI=1S/C13H20BClN4O5S/c1-14(20)16-4-9-25(23,24)18-7-5-17(6-8-18)11-2-3-12(15)13(10-11)19(21)22/h2-3,10,16,20H,4-9H2,1H3. The van der Waals surface area contributed by atoms with Crippen molar-refractivity contribution in [3.8, 4) is 0 Å². The van der Waals surface area contributed by atoms with Crippen LogP contribution in [0.1, 0.15) is 0 Å². The van der Waals surface area contributed by atoms with E-state index in [1.807, 2.05) is 4.90 Å². The quantitative estimate of drug-likeness (QED) is 0.393. The summed E-state index contributed by atoms with van der Waals surface area (Å²) in [4.78, 5) is 12.3. The molecule has 0 saturated carbocycles. The second kappa shape index (κ2) is 8.32. The molecule has 0 amide bonds. The van der Waals surface area contributed by atoms with Crippen molar-refractivity contribution in [1.82, 2.24) is 9.53 Å². The van der Waals surface area contributed by atoms with Crippen molar-refractivity contribution in [3.05, 3.63) is 33.3 Å².